The molecule has 33 heavy (non-hydrogen) atoms. The van der Waals surface area contributed by atoms with Gasteiger partial charge in [-0.1, -0.05) is 45.8 Å². The Balaban J connectivity index is 1.33. The predicted octanol–water partition coefficient (Wildman–Crippen LogP) is 4.67. The molecule has 8 heteroatoms. The summed E-state index contributed by atoms with van der Waals surface area (Å²) in [7, 11) is 0. The van der Waals surface area contributed by atoms with Crippen molar-refractivity contribution < 1.29 is 4.79 Å². The summed E-state index contributed by atoms with van der Waals surface area (Å²) >= 11 is 3.42. The molecular formula is C25H23BrN6O. The van der Waals surface area contributed by atoms with Crippen molar-refractivity contribution in [3.8, 4) is 11.3 Å². The minimum atomic E-state index is -0.0164. The van der Waals surface area contributed by atoms with Gasteiger partial charge in [0.15, 0.2) is 5.65 Å². The number of hydrogen-bond acceptors (Lipinski definition) is 4. The summed E-state index contributed by atoms with van der Waals surface area (Å²) in [6, 6.07) is 16.3. The summed E-state index contributed by atoms with van der Waals surface area (Å²) in [5.74, 6) is 0.734. The second-order valence-corrected chi connectivity index (χ2v) is 9.10. The maximum Gasteiger partial charge on any atom is 0.220 e. The first-order chi connectivity index (χ1) is 16.0. The van der Waals surface area contributed by atoms with Gasteiger partial charge < -0.3 is 5.32 Å². The Morgan fingerprint density at radius 1 is 1.03 bits per heavy atom. The Morgan fingerprint density at radius 3 is 2.67 bits per heavy atom. The average Bonchev–Trinajstić information content (AvgIpc) is 3.42. The molecule has 5 aromatic rings. The van der Waals surface area contributed by atoms with Gasteiger partial charge in [0.1, 0.15) is 11.3 Å². The number of hydrogen-bond donors (Lipinski definition) is 1. The smallest absolute Gasteiger partial charge is 0.220 e. The Morgan fingerprint density at radius 2 is 1.85 bits per heavy atom. The van der Waals surface area contributed by atoms with Gasteiger partial charge in [0, 0.05) is 41.8 Å². The van der Waals surface area contributed by atoms with Crippen LogP contribution in [0, 0.1) is 13.8 Å². The molecule has 7 nitrogen and oxygen atoms in total. The first-order valence-electron chi connectivity index (χ1n) is 10.8. The fourth-order valence-corrected chi connectivity index (χ4v) is 4.15. The van der Waals surface area contributed by atoms with E-state index in [1.807, 2.05) is 51.6 Å². The van der Waals surface area contributed by atoms with E-state index in [2.05, 4.69) is 63.5 Å². The molecule has 2 aromatic carbocycles. The van der Waals surface area contributed by atoms with Crippen LogP contribution < -0.4 is 5.32 Å². The molecule has 0 aliphatic carbocycles. The Labute approximate surface area is 199 Å². The quantitative estimate of drug-likeness (QED) is 0.366. The third-order valence-corrected chi connectivity index (χ3v) is 6.26. The van der Waals surface area contributed by atoms with Gasteiger partial charge in [-0.25, -0.2) is 4.52 Å². The van der Waals surface area contributed by atoms with Crippen LogP contribution in [0.3, 0.4) is 0 Å². The number of aryl methyl sites for hydroxylation is 3. The number of amides is 1. The van der Waals surface area contributed by atoms with E-state index in [1.54, 1.807) is 0 Å². The molecule has 3 aromatic heterocycles. The molecule has 0 spiro atoms. The average molecular weight is 503 g/mol. The number of halogens is 1. The SMILES string of the molecule is Cc1ccc(C)c(-c2cc3c4nnc(CCC(=O)NCc5ccc(Br)cc5)n4ccn3n2)c1. The lowest BCUT2D eigenvalue weighted by atomic mass is 10.0. The monoisotopic (exact) mass is 502 g/mol. The highest BCUT2D eigenvalue weighted by molar-refractivity contribution is 9.10. The zero-order valence-corrected chi connectivity index (χ0v) is 20.0. The molecule has 1 amide bonds. The lowest BCUT2D eigenvalue weighted by Crippen LogP contribution is -2.23. The molecule has 0 aliphatic heterocycles. The molecule has 0 fully saturated rings. The zero-order chi connectivity index (χ0) is 22.9. The lowest BCUT2D eigenvalue weighted by molar-refractivity contribution is -0.121. The highest BCUT2D eigenvalue weighted by Gasteiger charge is 2.14. The molecule has 0 saturated carbocycles. The second kappa shape index (κ2) is 8.78. The number of nitrogens with one attached hydrogen (secondary N) is 1. The molecule has 1 N–H and O–H groups in total. The second-order valence-electron chi connectivity index (χ2n) is 8.19. The highest BCUT2D eigenvalue weighted by atomic mass is 79.9. The third kappa shape index (κ3) is 4.39. The zero-order valence-electron chi connectivity index (χ0n) is 18.4. The number of aromatic nitrogens is 5. The normalized spacial score (nSPS) is 11.4. The summed E-state index contributed by atoms with van der Waals surface area (Å²) < 4.78 is 4.78. The highest BCUT2D eigenvalue weighted by Crippen LogP contribution is 2.26. The summed E-state index contributed by atoms with van der Waals surface area (Å²) in [6.45, 7) is 4.67. The Hall–Kier alpha value is -3.52. The van der Waals surface area contributed by atoms with E-state index in [4.69, 9.17) is 5.10 Å². The maximum atomic E-state index is 12.4. The number of rotatable bonds is 6. The first-order valence-corrected chi connectivity index (χ1v) is 11.6. The summed E-state index contributed by atoms with van der Waals surface area (Å²) in [6.07, 6.45) is 4.64. The number of fused-ring (bicyclic) bond motifs is 3. The predicted molar refractivity (Wildman–Crippen MR) is 131 cm³/mol. The molecule has 0 atom stereocenters. The van der Waals surface area contributed by atoms with Crippen molar-refractivity contribution >= 4 is 33.0 Å². The fourth-order valence-electron chi connectivity index (χ4n) is 3.89. The van der Waals surface area contributed by atoms with Crippen LogP contribution in [-0.4, -0.2) is 30.1 Å². The van der Waals surface area contributed by atoms with Gasteiger partial charge >= 0.3 is 0 Å². The minimum absolute atomic E-state index is 0.0164. The molecule has 0 radical (unpaired) electrons. The standard InChI is InChI=1S/C25H23BrN6O/c1-16-3-4-17(2)20(13-16)21-14-22-25-29-28-23(31(25)11-12-32(22)30-21)9-10-24(33)27-15-18-5-7-19(26)8-6-18/h3-8,11-14H,9-10,15H2,1-2H3,(H,27,33). The van der Waals surface area contributed by atoms with Crippen molar-refractivity contribution in [3.63, 3.8) is 0 Å². The summed E-state index contributed by atoms with van der Waals surface area (Å²) in [5, 5.41) is 16.4. The van der Waals surface area contributed by atoms with Crippen molar-refractivity contribution in [2.75, 3.05) is 0 Å². The van der Waals surface area contributed by atoms with E-state index >= 15 is 0 Å². The van der Waals surface area contributed by atoms with Crippen molar-refractivity contribution in [3.05, 3.63) is 87.9 Å². The lowest BCUT2D eigenvalue weighted by Gasteiger charge is -2.05. The molecule has 3 heterocycles. The van der Waals surface area contributed by atoms with Crippen LogP contribution in [0.1, 0.15) is 28.9 Å². The van der Waals surface area contributed by atoms with Crippen molar-refractivity contribution in [1.82, 2.24) is 29.5 Å². The maximum absolute atomic E-state index is 12.4. The van der Waals surface area contributed by atoms with Crippen molar-refractivity contribution in [1.29, 1.82) is 0 Å². The molecular weight excluding hydrogens is 480 g/mol. The third-order valence-electron chi connectivity index (χ3n) is 5.74. The van der Waals surface area contributed by atoms with Crippen LogP contribution in [0.4, 0.5) is 0 Å². The van der Waals surface area contributed by atoms with Gasteiger partial charge in [0.25, 0.3) is 0 Å². The van der Waals surface area contributed by atoms with Crippen LogP contribution >= 0.6 is 15.9 Å². The van der Waals surface area contributed by atoms with Gasteiger partial charge in [-0.3, -0.25) is 9.20 Å². The number of carbonyl (C=O) groups is 1. The Kier molecular flexibility index (Phi) is 5.68. The van der Waals surface area contributed by atoms with Crippen LogP contribution in [-0.2, 0) is 17.8 Å². The number of benzene rings is 2. The minimum Gasteiger partial charge on any atom is -0.352 e. The van der Waals surface area contributed by atoms with Crippen molar-refractivity contribution in [2.45, 2.75) is 33.2 Å². The largest absolute Gasteiger partial charge is 0.352 e. The Bertz CT molecular complexity index is 1470. The first kappa shape index (κ1) is 21.3. The van der Waals surface area contributed by atoms with Gasteiger partial charge in [-0.15, -0.1) is 10.2 Å². The van der Waals surface area contributed by atoms with Gasteiger partial charge in [-0.2, -0.15) is 5.10 Å². The molecule has 0 saturated heterocycles. The van der Waals surface area contributed by atoms with Gasteiger partial charge in [0.2, 0.25) is 5.91 Å². The van der Waals surface area contributed by atoms with Crippen LogP contribution in [0.5, 0.6) is 0 Å². The molecule has 0 aliphatic rings. The summed E-state index contributed by atoms with van der Waals surface area (Å²) in [5.41, 5.74) is 7.05. The molecule has 5 rings (SSSR count). The number of nitrogens with zero attached hydrogens (tertiary/aromatic N) is 5. The van der Waals surface area contributed by atoms with Crippen LogP contribution in [0.15, 0.2) is 65.4 Å². The van der Waals surface area contributed by atoms with Crippen LogP contribution in [0.2, 0.25) is 0 Å². The van der Waals surface area contributed by atoms with Gasteiger partial charge in [-0.05, 0) is 49.2 Å². The van der Waals surface area contributed by atoms with Gasteiger partial charge in [0.05, 0.1) is 5.69 Å². The number of carbonyl (C=O) groups excluding carboxylic acids is 1. The van der Waals surface area contributed by atoms with E-state index in [-0.39, 0.29) is 5.91 Å². The van der Waals surface area contributed by atoms with E-state index in [0.717, 1.165) is 38.3 Å². The van der Waals surface area contributed by atoms with Crippen LogP contribution in [0.25, 0.3) is 22.4 Å². The van der Waals surface area contributed by atoms with E-state index in [0.29, 0.717) is 19.4 Å². The molecule has 0 bridgehead atoms. The topological polar surface area (TPSA) is 76.6 Å². The molecule has 166 valence electrons. The van der Waals surface area contributed by atoms with Crippen molar-refractivity contribution in [2.24, 2.45) is 0 Å². The summed E-state index contributed by atoms with van der Waals surface area (Å²) in [4.78, 5) is 12.4. The van der Waals surface area contributed by atoms with E-state index in [9.17, 15) is 4.79 Å². The van der Waals surface area contributed by atoms with E-state index in [1.165, 1.54) is 11.1 Å². The van der Waals surface area contributed by atoms with E-state index < -0.39 is 0 Å². The molecule has 0 unspecified atom stereocenters. The fraction of sp³-hybridized carbons (Fsp3) is 0.200.